The second-order valence-corrected chi connectivity index (χ2v) is 4.88. The van der Waals surface area contributed by atoms with E-state index >= 15 is 0 Å². The zero-order valence-corrected chi connectivity index (χ0v) is 10.4. The lowest BCUT2D eigenvalue weighted by molar-refractivity contribution is 0.580. The van der Waals surface area contributed by atoms with Gasteiger partial charge in [-0.2, -0.15) is 0 Å². The molecule has 1 unspecified atom stereocenters. The molecule has 92 valence electrons. The number of fused-ring (bicyclic) bond motifs is 1. The van der Waals surface area contributed by atoms with Crippen molar-refractivity contribution in [2.45, 2.75) is 19.4 Å². The third-order valence-corrected chi connectivity index (χ3v) is 3.71. The number of aryl methyl sites for hydroxylation is 1. The first-order valence-electron chi connectivity index (χ1n) is 6.30. The molecule has 2 aromatic carbocycles. The lowest BCUT2D eigenvalue weighted by atomic mass is 9.84. The van der Waals surface area contributed by atoms with Gasteiger partial charge in [-0.15, -0.1) is 0 Å². The van der Waals surface area contributed by atoms with Crippen LogP contribution in [0.4, 0.5) is 4.39 Å². The predicted molar refractivity (Wildman–Crippen MR) is 71.1 cm³/mol. The Balaban J connectivity index is 2.11. The minimum atomic E-state index is -0.154. The molecule has 0 fully saturated rings. The molecule has 1 heterocycles. The van der Waals surface area contributed by atoms with Crippen molar-refractivity contribution in [2.75, 3.05) is 6.54 Å². The Hall–Kier alpha value is -1.67. The summed E-state index contributed by atoms with van der Waals surface area (Å²) in [6.07, 6.45) is 0. The van der Waals surface area contributed by atoms with Gasteiger partial charge in [-0.3, -0.25) is 0 Å². The van der Waals surface area contributed by atoms with Gasteiger partial charge in [0.1, 0.15) is 5.82 Å². The summed E-state index contributed by atoms with van der Waals surface area (Å²) in [7, 11) is 0. The van der Waals surface area contributed by atoms with Gasteiger partial charge in [-0.05, 0) is 41.3 Å². The van der Waals surface area contributed by atoms with Crippen LogP contribution in [0, 0.1) is 12.7 Å². The maximum atomic E-state index is 13.5. The second kappa shape index (κ2) is 4.54. The van der Waals surface area contributed by atoms with Crippen LogP contribution in [0.5, 0.6) is 0 Å². The Morgan fingerprint density at radius 3 is 2.83 bits per heavy atom. The van der Waals surface area contributed by atoms with Crippen molar-refractivity contribution in [1.29, 1.82) is 0 Å². The standard InChI is InChI=1S/C16H16FN/c1-11-6-7-13(17)8-15(11)16-10-18-9-12-4-2-3-5-14(12)16/h2-8,16,18H,9-10H2,1H3. The number of hydrogen-bond donors (Lipinski definition) is 1. The molecular weight excluding hydrogens is 225 g/mol. The van der Waals surface area contributed by atoms with E-state index in [9.17, 15) is 4.39 Å². The first-order valence-corrected chi connectivity index (χ1v) is 6.30. The fourth-order valence-electron chi connectivity index (χ4n) is 2.76. The van der Waals surface area contributed by atoms with Crippen LogP contribution < -0.4 is 5.32 Å². The molecule has 0 amide bonds. The molecule has 2 heteroatoms. The summed E-state index contributed by atoms with van der Waals surface area (Å²) >= 11 is 0. The molecule has 0 spiro atoms. The summed E-state index contributed by atoms with van der Waals surface area (Å²) < 4.78 is 13.5. The fourth-order valence-corrected chi connectivity index (χ4v) is 2.76. The summed E-state index contributed by atoms with van der Waals surface area (Å²) in [5, 5.41) is 3.41. The van der Waals surface area contributed by atoms with E-state index in [1.165, 1.54) is 17.2 Å². The third-order valence-electron chi connectivity index (χ3n) is 3.71. The predicted octanol–water partition coefficient (Wildman–Crippen LogP) is 3.37. The molecule has 3 rings (SSSR count). The van der Waals surface area contributed by atoms with Crippen molar-refractivity contribution < 1.29 is 4.39 Å². The SMILES string of the molecule is Cc1ccc(F)cc1C1CNCc2ccccc21. The Bertz CT molecular complexity index is 577. The van der Waals surface area contributed by atoms with Crippen LogP contribution >= 0.6 is 0 Å². The minimum Gasteiger partial charge on any atom is -0.312 e. The molecule has 1 nitrogen and oxygen atoms in total. The molecule has 0 aliphatic carbocycles. The normalized spacial score (nSPS) is 18.4. The summed E-state index contributed by atoms with van der Waals surface area (Å²) in [4.78, 5) is 0. The van der Waals surface area contributed by atoms with E-state index < -0.39 is 0 Å². The van der Waals surface area contributed by atoms with Crippen molar-refractivity contribution in [3.63, 3.8) is 0 Å². The summed E-state index contributed by atoms with van der Waals surface area (Å²) in [5.41, 5.74) is 4.89. The van der Waals surface area contributed by atoms with E-state index in [4.69, 9.17) is 0 Å². The van der Waals surface area contributed by atoms with Gasteiger partial charge in [0, 0.05) is 19.0 Å². The highest BCUT2D eigenvalue weighted by atomic mass is 19.1. The van der Waals surface area contributed by atoms with Gasteiger partial charge in [0.25, 0.3) is 0 Å². The van der Waals surface area contributed by atoms with Crippen LogP contribution in [-0.2, 0) is 6.54 Å². The Morgan fingerprint density at radius 2 is 1.94 bits per heavy atom. The van der Waals surface area contributed by atoms with Crippen molar-refractivity contribution in [1.82, 2.24) is 5.32 Å². The van der Waals surface area contributed by atoms with E-state index in [2.05, 4.69) is 29.6 Å². The van der Waals surface area contributed by atoms with Crippen LogP contribution in [0.2, 0.25) is 0 Å². The smallest absolute Gasteiger partial charge is 0.123 e. The lowest BCUT2D eigenvalue weighted by Crippen LogP contribution is -2.29. The molecule has 1 aliphatic heterocycles. The van der Waals surface area contributed by atoms with E-state index in [1.54, 1.807) is 6.07 Å². The van der Waals surface area contributed by atoms with Gasteiger partial charge in [-0.25, -0.2) is 4.39 Å². The van der Waals surface area contributed by atoms with Gasteiger partial charge in [0.2, 0.25) is 0 Å². The molecule has 0 bridgehead atoms. The number of rotatable bonds is 1. The number of halogens is 1. The minimum absolute atomic E-state index is 0.154. The topological polar surface area (TPSA) is 12.0 Å². The molecule has 0 aromatic heterocycles. The van der Waals surface area contributed by atoms with Crippen molar-refractivity contribution in [3.8, 4) is 0 Å². The molecule has 1 aliphatic rings. The second-order valence-electron chi connectivity index (χ2n) is 4.88. The average molecular weight is 241 g/mol. The molecule has 2 aromatic rings. The maximum absolute atomic E-state index is 13.5. The zero-order chi connectivity index (χ0) is 12.5. The number of nitrogens with one attached hydrogen (secondary N) is 1. The van der Waals surface area contributed by atoms with Gasteiger partial charge in [0.15, 0.2) is 0 Å². The molecule has 18 heavy (non-hydrogen) atoms. The van der Waals surface area contributed by atoms with Gasteiger partial charge in [-0.1, -0.05) is 30.3 Å². The van der Waals surface area contributed by atoms with Gasteiger partial charge in [0.05, 0.1) is 0 Å². The Labute approximate surface area is 107 Å². The van der Waals surface area contributed by atoms with Crippen LogP contribution in [-0.4, -0.2) is 6.54 Å². The Morgan fingerprint density at radius 1 is 1.11 bits per heavy atom. The maximum Gasteiger partial charge on any atom is 0.123 e. The summed E-state index contributed by atoms with van der Waals surface area (Å²) in [5.74, 6) is 0.101. The van der Waals surface area contributed by atoms with Crippen molar-refractivity contribution in [3.05, 3.63) is 70.5 Å². The Kier molecular flexibility index (Phi) is 2.88. The highest BCUT2D eigenvalue weighted by Crippen LogP contribution is 2.32. The molecular formula is C16H16FN. The van der Waals surface area contributed by atoms with Crippen LogP contribution in [0.15, 0.2) is 42.5 Å². The lowest BCUT2D eigenvalue weighted by Gasteiger charge is -2.28. The summed E-state index contributed by atoms with van der Waals surface area (Å²) in [6.45, 7) is 3.83. The average Bonchev–Trinajstić information content (AvgIpc) is 2.41. The van der Waals surface area contributed by atoms with Crippen molar-refractivity contribution >= 4 is 0 Å². The first kappa shape index (κ1) is 11.4. The van der Waals surface area contributed by atoms with Gasteiger partial charge >= 0.3 is 0 Å². The third kappa shape index (κ3) is 1.93. The number of hydrogen-bond acceptors (Lipinski definition) is 1. The van der Waals surface area contributed by atoms with E-state index in [0.717, 1.165) is 24.2 Å². The molecule has 0 saturated carbocycles. The largest absolute Gasteiger partial charge is 0.312 e. The van der Waals surface area contributed by atoms with Crippen LogP contribution in [0.1, 0.15) is 28.2 Å². The number of benzene rings is 2. The molecule has 1 N–H and O–H groups in total. The van der Waals surface area contributed by atoms with Crippen LogP contribution in [0.3, 0.4) is 0 Å². The van der Waals surface area contributed by atoms with Crippen LogP contribution in [0.25, 0.3) is 0 Å². The van der Waals surface area contributed by atoms with E-state index in [0.29, 0.717) is 0 Å². The first-order chi connectivity index (χ1) is 8.75. The van der Waals surface area contributed by atoms with E-state index in [-0.39, 0.29) is 11.7 Å². The highest BCUT2D eigenvalue weighted by molar-refractivity contribution is 5.43. The molecule has 0 radical (unpaired) electrons. The molecule has 0 saturated heterocycles. The zero-order valence-electron chi connectivity index (χ0n) is 10.4. The van der Waals surface area contributed by atoms with Gasteiger partial charge < -0.3 is 5.32 Å². The highest BCUT2D eigenvalue weighted by Gasteiger charge is 2.22. The monoisotopic (exact) mass is 241 g/mol. The summed E-state index contributed by atoms with van der Waals surface area (Å²) in [6, 6.07) is 13.5. The van der Waals surface area contributed by atoms with Crippen molar-refractivity contribution in [2.24, 2.45) is 0 Å². The molecule has 1 atom stereocenters. The van der Waals surface area contributed by atoms with E-state index in [1.807, 2.05) is 13.0 Å². The fraction of sp³-hybridized carbons (Fsp3) is 0.250. The quantitative estimate of drug-likeness (QED) is 0.807.